The van der Waals surface area contributed by atoms with Gasteiger partial charge in [-0.1, -0.05) is 101 Å². The first-order valence-corrected chi connectivity index (χ1v) is 12.5. The van der Waals surface area contributed by atoms with E-state index >= 15 is 0 Å². The van der Waals surface area contributed by atoms with Gasteiger partial charge in [-0.15, -0.1) is 11.8 Å². The molecule has 0 aliphatic carbocycles. The standard InChI is InChI=1S/C27H38OS/c1-3-4-5-6-7-8-9-10-11-12-21-29-27-19-15-25(16-20-27)22-24-13-17-26(18-14-24)23(2)28/h13-20H,3-12,21-22H2,1-2H3. The van der Waals surface area contributed by atoms with Crippen molar-refractivity contribution in [3.63, 3.8) is 0 Å². The molecule has 0 saturated heterocycles. The molecule has 0 saturated carbocycles. The van der Waals surface area contributed by atoms with Gasteiger partial charge in [0.15, 0.2) is 5.78 Å². The van der Waals surface area contributed by atoms with Gasteiger partial charge in [-0.05, 0) is 48.8 Å². The minimum Gasteiger partial charge on any atom is -0.295 e. The molecule has 0 radical (unpaired) electrons. The van der Waals surface area contributed by atoms with Gasteiger partial charge in [0.1, 0.15) is 0 Å². The highest BCUT2D eigenvalue weighted by atomic mass is 32.2. The van der Waals surface area contributed by atoms with Crippen molar-refractivity contribution >= 4 is 17.5 Å². The monoisotopic (exact) mass is 410 g/mol. The molecular weight excluding hydrogens is 372 g/mol. The Morgan fingerprint density at radius 2 is 1.17 bits per heavy atom. The molecule has 0 unspecified atom stereocenters. The maximum absolute atomic E-state index is 11.4. The summed E-state index contributed by atoms with van der Waals surface area (Å²) in [6, 6.07) is 16.9. The smallest absolute Gasteiger partial charge is 0.159 e. The van der Waals surface area contributed by atoms with Crippen LogP contribution in [-0.4, -0.2) is 11.5 Å². The van der Waals surface area contributed by atoms with Gasteiger partial charge in [-0.2, -0.15) is 0 Å². The predicted molar refractivity (Wildman–Crippen MR) is 128 cm³/mol. The van der Waals surface area contributed by atoms with Crippen LogP contribution in [0.2, 0.25) is 0 Å². The van der Waals surface area contributed by atoms with Crippen LogP contribution < -0.4 is 0 Å². The molecule has 1 nitrogen and oxygen atoms in total. The first-order chi connectivity index (χ1) is 14.2. The van der Waals surface area contributed by atoms with Crippen molar-refractivity contribution in [2.24, 2.45) is 0 Å². The highest BCUT2D eigenvalue weighted by Crippen LogP contribution is 2.22. The Morgan fingerprint density at radius 1 is 0.690 bits per heavy atom. The van der Waals surface area contributed by atoms with Crippen molar-refractivity contribution in [3.8, 4) is 0 Å². The molecular formula is C27H38OS. The second-order valence-electron chi connectivity index (χ2n) is 8.10. The van der Waals surface area contributed by atoms with Crippen molar-refractivity contribution in [1.29, 1.82) is 0 Å². The van der Waals surface area contributed by atoms with Crippen molar-refractivity contribution in [3.05, 3.63) is 65.2 Å². The zero-order valence-corrected chi connectivity index (χ0v) is 19.2. The van der Waals surface area contributed by atoms with Crippen LogP contribution in [0.15, 0.2) is 53.4 Å². The number of rotatable bonds is 15. The molecule has 29 heavy (non-hydrogen) atoms. The van der Waals surface area contributed by atoms with Crippen molar-refractivity contribution < 1.29 is 4.79 Å². The van der Waals surface area contributed by atoms with E-state index in [0.717, 1.165) is 12.0 Å². The number of Topliss-reactive ketones (excluding diaryl/α,β-unsaturated/α-hetero) is 1. The van der Waals surface area contributed by atoms with Crippen LogP contribution >= 0.6 is 11.8 Å². The van der Waals surface area contributed by atoms with Crippen molar-refractivity contribution in [2.75, 3.05) is 5.75 Å². The summed E-state index contributed by atoms with van der Waals surface area (Å²) < 4.78 is 0. The van der Waals surface area contributed by atoms with Gasteiger partial charge in [-0.3, -0.25) is 4.79 Å². The normalized spacial score (nSPS) is 11.0. The molecule has 2 aromatic rings. The molecule has 0 spiro atoms. The molecule has 2 heteroatoms. The molecule has 0 N–H and O–H groups in total. The van der Waals surface area contributed by atoms with Crippen LogP contribution in [0.4, 0.5) is 0 Å². The Kier molecular flexibility index (Phi) is 11.8. The van der Waals surface area contributed by atoms with Gasteiger partial charge in [0, 0.05) is 10.5 Å². The highest BCUT2D eigenvalue weighted by molar-refractivity contribution is 7.99. The highest BCUT2D eigenvalue weighted by Gasteiger charge is 2.01. The van der Waals surface area contributed by atoms with E-state index in [2.05, 4.69) is 43.3 Å². The zero-order chi connectivity index (χ0) is 20.7. The molecule has 2 rings (SSSR count). The van der Waals surface area contributed by atoms with Gasteiger partial charge in [0.25, 0.3) is 0 Å². The number of unbranched alkanes of at least 4 members (excludes halogenated alkanes) is 9. The van der Waals surface area contributed by atoms with E-state index in [-0.39, 0.29) is 5.78 Å². The predicted octanol–water partition coefficient (Wildman–Crippen LogP) is 8.49. The number of benzene rings is 2. The minimum atomic E-state index is 0.125. The van der Waals surface area contributed by atoms with Crippen molar-refractivity contribution in [2.45, 2.75) is 89.4 Å². The average molecular weight is 411 g/mol. The molecule has 0 aliphatic rings. The lowest BCUT2D eigenvalue weighted by Crippen LogP contribution is -1.93. The third kappa shape index (κ3) is 10.2. The van der Waals surface area contributed by atoms with Gasteiger partial charge < -0.3 is 0 Å². The Hall–Kier alpha value is -1.54. The first kappa shape index (κ1) is 23.7. The van der Waals surface area contributed by atoms with Crippen LogP contribution in [0.25, 0.3) is 0 Å². The fraction of sp³-hybridized carbons (Fsp3) is 0.519. The van der Waals surface area contributed by atoms with E-state index in [1.165, 1.54) is 86.0 Å². The SMILES string of the molecule is CCCCCCCCCCCCSc1ccc(Cc2ccc(C(C)=O)cc2)cc1. The largest absolute Gasteiger partial charge is 0.295 e. The van der Waals surface area contributed by atoms with Crippen LogP contribution in [-0.2, 0) is 6.42 Å². The summed E-state index contributed by atoms with van der Waals surface area (Å²) in [5.41, 5.74) is 3.36. The molecule has 158 valence electrons. The van der Waals surface area contributed by atoms with Crippen molar-refractivity contribution in [1.82, 2.24) is 0 Å². The summed E-state index contributed by atoms with van der Waals surface area (Å²) in [7, 11) is 0. The molecule has 0 fully saturated rings. The van der Waals surface area contributed by atoms with Gasteiger partial charge >= 0.3 is 0 Å². The van der Waals surface area contributed by atoms with E-state index in [1.54, 1.807) is 6.92 Å². The number of carbonyl (C=O) groups is 1. The van der Waals surface area contributed by atoms with Crippen LogP contribution in [0, 0.1) is 0 Å². The lowest BCUT2D eigenvalue weighted by atomic mass is 10.0. The van der Waals surface area contributed by atoms with Crippen LogP contribution in [0.5, 0.6) is 0 Å². The summed E-state index contributed by atoms with van der Waals surface area (Å²) in [6.45, 7) is 3.89. The maximum Gasteiger partial charge on any atom is 0.159 e. The number of hydrogen-bond acceptors (Lipinski definition) is 2. The topological polar surface area (TPSA) is 17.1 Å². The summed E-state index contributed by atoms with van der Waals surface area (Å²) in [4.78, 5) is 12.7. The number of ketones is 1. The quantitative estimate of drug-likeness (QED) is 0.166. The van der Waals surface area contributed by atoms with Gasteiger partial charge in [0.05, 0.1) is 0 Å². The summed E-state index contributed by atoms with van der Waals surface area (Å²) in [5, 5.41) is 0. The Balaban J connectivity index is 1.56. The zero-order valence-electron chi connectivity index (χ0n) is 18.4. The van der Waals surface area contributed by atoms with E-state index in [9.17, 15) is 4.79 Å². The third-order valence-corrected chi connectivity index (χ3v) is 6.56. The van der Waals surface area contributed by atoms with Gasteiger partial charge in [-0.25, -0.2) is 0 Å². The molecule has 0 atom stereocenters. The number of hydrogen-bond donors (Lipinski definition) is 0. The first-order valence-electron chi connectivity index (χ1n) is 11.5. The van der Waals surface area contributed by atoms with E-state index in [4.69, 9.17) is 0 Å². The molecule has 0 amide bonds. The summed E-state index contributed by atoms with van der Waals surface area (Å²) in [6.07, 6.45) is 14.9. The summed E-state index contributed by atoms with van der Waals surface area (Å²) in [5.74, 6) is 1.35. The Bertz CT molecular complexity index is 687. The van der Waals surface area contributed by atoms with E-state index in [1.807, 2.05) is 23.9 Å². The average Bonchev–Trinajstić information content (AvgIpc) is 2.73. The second-order valence-corrected chi connectivity index (χ2v) is 9.27. The fourth-order valence-electron chi connectivity index (χ4n) is 3.58. The van der Waals surface area contributed by atoms with Gasteiger partial charge in [0.2, 0.25) is 0 Å². The molecule has 2 aromatic carbocycles. The second kappa shape index (κ2) is 14.4. The molecule has 0 bridgehead atoms. The molecule has 0 aliphatic heterocycles. The van der Waals surface area contributed by atoms with E-state index < -0.39 is 0 Å². The molecule has 0 aromatic heterocycles. The lowest BCUT2D eigenvalue weighted by Gasteiger charge is -2.06. The number of carbonyl (C=O) groups excluding carboxylic acids is 1. The Labute approximate surface area is 182 Å². The van der Waals surface area contributed by atoms with Crippen LogP contribution in [0.3, 0.4) is 0 Å². The lowest BCUT2D eigenvalue weighted by molar-refractivity contribution is 0.101. The molecule has 0 heterocycles. The summed E-state index contributed by atoms with van der Waals surface area (Å²) >= 11 is 1.98. The fourth-order valence-corrected chi connectivity index (χ4v) is 4.49. The van der Waals surface area contributed by atoms with Crippen LogP contribution in [0.1, 0.15) is 99.5 Å². The maximum atomic E-state index is 11.4. The minimum absolute atomic E-state index is 0.125. The van der Waals surface area contributed by atoms with E-state index in [0.29, 0.717) is 0 Å². The number of thioether (sulfide) groups is 1. The Morgan fingerprint density at radius 3 is 1.69 bits per heavy atom. The third-order valence-electron chi connectivity index (χ3n) is 5.46.